The van der Waals surface area contributed by atoms with Crippen molar-refractivity contribution in [3.63, 3.8) is 0 Å². The fourth-order valence-corrected chi connectivity index (χ4v) is 1.83. The van der Waals surface area contributed by atoms with Gasteiger partial charge in [-0.2, -0.15) is 0 Å². The molecule has 0 spiro atoms. The topological polar surface area (TPSA) is 8.17 Å². The predicted molar refractivity (Wildman–Crippen MR) is 69.9 cm³/mol. The number of anilines is 1. The van der Waals surface area contributed by atoms with Crippen LogP contribution >= 0.6 is 0 Å². The molecule has 0 aliphatic carbocycles. The first-order valence-electron chi connectivity index (χ1n) is 5.49. The van der Waals surface area contributed by atoms with Gasteiger partial charge in [0.2, 0.25) is 0 Å². The van der Waals surface area contributed by atoms with Crippen LogP contribution in [0.5, 0.6) is 0 Å². The molecule has 0 aliphatic heterocycles. The summed E-state index contributed by atoms with van der Waals surface area (Å²) in [6, 6.07) is 13.0. The van der Waals surface area contributed by atoms with Crippen molar-refractivity contribution in [3.05, 3.63) is 42.1 Å². The molecule has 2 heteroatoms. The second kappa shape index (κ2) is 4.05. The maximum Gasteiger partial charge on any atom is 0.0479 e. The first kappa shape index (κ1) is 10.8. The van der Waals surface area contributed by atoms with Gasteiger partial charge in [-0.15, -0.1) is 0 Å². The van der Waals surface area contributed by atoms with Crippen LogP contribution in [-0.2, 0) is 7.05 Å². The Hall–Kier alpha value is -1.70. The maximum atomic E-state index is 2.21. The highest BCUT2D eigenvalue weighted by Gasteiger charge is 2.04. The quantitative estimate of drug-likeness (QED) is 0.746. The normalized spacial score (nSPS) is 10.5. The minimum absolute atomic E-state index is 1.23. The van der Waals surface area contributed by atoms with Crippen LogP contribution < -0.4 is 4.90 Å². The lowest BCUT2D eigenvalue weighted by atomic mass is 10.1. The molecule has 2 nitrogen and oxygen atoms in total. The Labute approximate surface area is 97.1 Å². The molecule has 1 aromatic heterocycles. The summed E-state index contributed by atoms with van der Waals surface area (Å²) in [5.41, 5.74) is 5.05. The van der Waals surface area contributed by atoms with E-state index in [2.05, 4.69) is 73.9 Å². The fraction of sp³-hybridized carbons (Fsp3) is 0.286. The number of nitrogens with zero attached hydrogens (tertiary/aromatic N) is 2. The number of benzene rings is 1. The molecule has 0 unspecified atom stereocenters. The second-order valence-corrected chi connectivity index (χ2v) is 4.36. The monoisotopic (exact) mass is 214 g/mol. The zero-order valence-electron chi connectivity index (χ0n) is 10.4. The number of hydrogen-bond acceptors (Lipinski definition) is 1. The Bertz CT molecular complexity index is 478. The highest BCUT2D eigenvalue weighted by Crippen LogP contribution is 2.23. The van der Waals surface area contributed by atoms with Gasteiger partial charge in [0.15, 0.2) is 0 Å². The van der Waals surface area contributed by atoms with E-state index in [-0.39, 0.29) is 0 Å². The van der Waals surface area contributed by atoms with Crippen molar-refractivity contribution in [1.82, 2.24) is 4.57 Å². The molecule has 2 aromatic rings. The average molecular weight is 214 g/mol. The molecule has 1 heterocycles. The van der Waals surface area contributed by atoms with Crippen molar-refractivity contribution >= 4 is 5.69 Å². The molecule has 0 fully saturated rings. The molecule has 2 rings (SSSR count). The first-order chi connectivity index (χ1) is 7.59. The summed E-state index contributed by atoms with van der Waals surface area (Å²) in [7, 11) is 6.22. The van der Waals surface area contributed by atoms with Crippen molar-refractivity contribution in [2.45, 2.75) is 6.92 Å². The van der Waals surface area contributed by atoms with Gasteiger partial charge in [-0.05, 0) is 36.8 Å². The summed E-state index contributed by atoms with van der Waals surface area (Å²) in [6.07, 6.45) is 0. The van der Waals surface area contributed by atoms with E-state index >= 15 is 0 Å². The van der Waals surface area contributed by atoms with Crippen LogP contribution in [0.2, 0.25) is 0 Å². The molecule has 1 aromatic carbocycles. The van der Waals surface area contributed by atoms with Crippen molar-refractivity contribution in [2.24, 2.45) is 7.05 Å². The number of aromatic nitrogens is 1. The van der Waals surface area contributed by atoms with Gasteiger partial charge in [0.25, 0.3) is 0 Å². The minimum atomic E-state index is 1.23. The van der Waals surface area contributed by atoms with Gasteiger partial charge in [0.05, 0.1) is 0 Å². The molecule has 16 heavy (non-hydrogen) atoms. The van der Waals surface area contributed by atoms with E-state index in [0.29, 0.717) is 0 Å². The molecule has 0 amide bonds. The predicted octanol–water partition coefficient (Wildman–Crippen LogP) is 3.07. The van der Waals surface area contributed by atoms with E-state index in [1.54, 1.807) is 0 Å². The summed E-state index contributed by atoms with van der Waals surface area (Å²) in [4.78, 5) is 2.11. The Morgan fingerprint density at radius 3 is 2.00 bits per heavy atom. The van der Waals surface area contributed by atoms with Crippen LogP contribution in [0.25, 0.3) is 11.3 Å². The molecule has 0 saturated carbocycles. The van der Waals surface area contributed by atoms with Crippen molar-refractivity contribution < 1.29 is 0 Å². The third-order valence-corrected chi connectivity index (χ3v) is 3.05. The van der Waals surface area contributed by atoms with Crippen LogP contribution in [0.3, 0.4) is 0 Å². The van der Waals surface area contributed by atoms with Crippen LogP contribution in [0, 0.1) is 6.92 Å². The van der Waals surface area contributed by atoms with Gasteiger partial charge < -0.3 is 9.47 Å². The van der Waals surface area contributed by atoms with Gasteiger partial charge in [0.1, 0.15) is 0 Å². The van der Waals surface area contributed by atoms with E-state index in [4.69, 9.17) is 0 Å². The molecule has 84 valence electrons. The lowest BCUT2D eigenvalue weighted by molar-refractivity contribution is 0.891. The van der Waals surface area contributed by atoms with Crippen molar-refractivity contribution in [3.8, 4) is 11.3 Å². The highest BCUT2D eigenvalue weighted by molar-refractivity contribution is 5.64. The molecule has 0 saturated heterocycles. The Morgan fingerprint density at radius 1 is 0.938 bits per heavy atom. The zero-order valence-corrected chi connectivity index (χ0v) is 10.4. The average Bonchev–Trinajstić information content (AvgIpc) is 2.60. The smallest absolute Gasteiger partial charge is 0.0479 e. The van der Waals surface area contributed by atoms with Gasteiger partial charge in [-0.3, -0.25) is 0 Å². The Balaban J connectivity index is 2.38. The van der Waals surface area contributed by atoms with Gasteiger partial charge in [-0.25, -0.2) is 0 Å². The standard InChI is InChI=1S/C14H18N2/c1-11-5-10-14(16(11)4)12-6-8-13(9-7-12)15(2)3/h5-10H,1-4H3. The van der Waals surface area contributed by atoms with Crippen LogP contribution in [0.4, 0.5) is 5.69 Å². The summed E-state index contributed by atoms with van der Waals surface area (Å²) in [5, 5.41) is 0. The summed E-state index contributed by atoms with van der Waals surface area (Å²) >= 11 is 0. The SMILES string of the molecule is Cc1ccc(-c2ccc(N(C)C)cc2)n1C. The zero-order chi connectivity index (χ0) is 11.7. The van der Waals surface area contributed by atoms with Crippen LogP contribution in [0.15, 0.2) is 36.4 Å². The molecular formula is C14H18N2. The lowest BCUT2D eigenvalue weighted by Gasteiger charge is -2.13. The number of rotatable bonds is 2. The van der Waals surface area contributed by atoms with Gasteiger partial charge in [-0.1, -0.05) is 12.1 Å². The lowest BCUT2D eigenvalue weighted by Crippen LogP contribution is -2.08. The van der Waals surface area contributed by atoms with Crippen LogP contribution in [0.1, 0.15) is 5.69 Å². The summed E-state index contributed by atoms with van der Waals surface area (Å²) in [6.45, 7) is 2.12. The van der Waals surface area contributed by atoms with Crippen molar-refractivity contribution in [1.29, 1.82) is 0 Å². The van der Waals surface area contributed by atoms with Gasteiger partial charge >= 0.3 is 0 Å². The third kappa shape index (κ3) is 1.83. The highest BCUT2D eigenvalue weighted by atomic mass is 15.1. The maximum absolute atomic E-state index is 2.21. The summed E-state index contributed by atoms with van der Waals surface area (Å²) < 4.78 is 2.21. The first-order valence-corrected chi connectivity index (χ1v) is 5.49. The molecular weight excluding hydrogens is 196 g/mol. The molecule has 0 N–H and O–H groups in total. The second-order valence-electron chi connectivity index (χ2n) is 4.36. The molecule has 0 radical (unpaired) electrons. The molecule has 0 bridgehead atoms. The van der Waals surface area contributed by atoms with Gasteiger partial charge in [0, 0.05) is 38.2 Å². The Morgan fingerprint density at radius 2 is 1.56 bits per heavy atom. The number of hydrogen-bond donors (Lipinski definition) is 0. The van der Waals surface area contributed by atoms with E-state index < -0.39 is 0 Å². The fourth-order valence-electron chi connectivity index (χ4n) is 1.83. The van der Waals surface area contributed by atoms with E-state index in [9.17, 15) is 0 Å². The Kier molecular flexibility index (Phi) is 2.73. The van der Waals surface area contributed by atoms with Crippen molar-refractivity contribution in [2.75, 3.05) is 19.0 Å². The minimum Gasteiger partial charge on any atom is -0.378 e. The van der Waals surface area contributed by atoms with E-state index in [1.165, 1.54) is 22.6 Å². The third-order valence-electron chi connectivity index (χ3n) is 3.05. The molecule has 0 aliphatic rings. The largest absolute Gasteiger partial charge is 0.378 e. The molecule has 0 atom stereocenters. The van der Waals surface area contributed by atoms with E-state index in [1.807, 2.05) is 0 Å². The summed E-state index contributed by atoms with van der Waals surface area (Å²) in [5.74, 6) is 0. The number of aryl methyl sites for hydroxylation is 1. The van der Waals surface area contributed by atoms with Crippen LogP contribution in [-0.4, -0.2) is 18.7 Å². The van der Waals surface area contributed by atoms with E-state index in [0.717, 1.165) is 0 Å².